The molecule has 1 heterocycles. The van der Waals surface area contributed by atoms with E-state index in [9.17, 15) is 4.79 Å². The summed E-state index contributed by atoms with van der Waals surface area (Å²) in [6.45, 7) is 4.51. The Morgan fingerprint density at radius 1 is 1.18 bits per heavy atom. The first-order valence-corrected chi connectivity index (χ1v) is 10.9. The molecular formula is C22H24Br2N2O2. The molecule has 4 nitrogen and oxygen atoms in total. The standard InChI is InChI=1S/C22H24Br2N2O2/c1-15-9-11-26(12-10-15)19-6-4-18(5-7-19)25-21(27)8-3-16-13-17(23)14-20(24)22(16)28-2/h3-8,13-15H,9-12H2,1-2H3,(H,25,27). The van der Waals surface area contributed by atoms with E-state index in [0.29, 0.717) is 5.75 Å². The summed E-state index contributed by atoms with van der Waals surface area (Å²) >= 11 is 6.92. The minimum absolute atomic E-state index is 0.183. The third kappa shape index (κ3) is 5.39. The lowest BCUT2D eigenvalue weighted by molar-refractivity contribution is -0.111. The van der Waals surface area contributed by atoms with Gasteiger partial charge in [0.25, 0.3) is 0 Å². The SMILES string of the molecule is COc1c(Br)cc(Br)cc1C=CC(=O)Nc1ccc(N2CCC(C)CC2)cc1. The molecule has 1 saturated heterocycles. The lowest BCUT2D eigenvalue weighted by Crippen LogP contribution is -2.32. The molecule has 1 aliphatic rings. The number of nitrogens with one attached hydrogen (secondary N) is 1. The number of methoxy groups -OCH3 is 1. The van der Waals surface area contributed by atoms with Gasteiger partial charge in [0.2, 0.25) is 5.91 Å². The fourth-order valence-corrected chi connectivity index (χ4v) is 4.71. The van der Waals surface area contributed by atoms with Gasteiger partial charge in [-0.25, -0.2) is 0 Å². The zero-order chi connectivity index (χ0) is 20.1. The number of benzene rings is 2. The molecule has 0 bridgehead atoms. The van der Waals surface area contributed by atoms with Crippen LogP contribution in [0.2, 0.25) is 0 Å². The van der Waals surface area contributed by atoms with Crippen molar-refractivity contribution in [2.75, 3.05) is 30.4 Å². The van der Waals surface area contributed by atoms with Crippen LogP contribution < -0.4 is 15.0 Å². The third-order valence-corrected chi connectivity index (χ3v) is 5.99. The van der Waals surface area contributed by atoms with Gasteiger partial charge in [-0.1, -0.05) is 22.9 Å². The second-order valence-electron chi connectivity index (χ2n) is 7.05. The largest absolute Gasteiger partial charge is 0.495 e. The molecular weight excluding hydrogens is 484 g/mol. The lowest BCUT2D eigenvalue weighted by Gasteiger charge is -2.32. The maximum atomic E-state index is 12.3. The minimum Gasteiger partial charge on any atom is -0.495 e. The monoisotopic (exact) mass is 506 g/mol. The number of amides is 1. The number of hydrogen-bond acceptors (Lipinski definition) is 3. The summed E-state index contributed by atoms with van der Waals surface area (Å²) in [5.74, 6) is 1.32. The second-order valence-corrected chi connectivity index (χ2v) is 8.82. The van der Waals surface area contributed by atoms with Crippen LogP contribution >= 0.6 is 31.9 Å². The number of hydrogen-bond donors (Lipinski definition) is 1. The van der Waals surface area contributed by atoms with Crippen molar-refractivity contribution in [1.82, 2.24) is 0 Å². The predicted molar refractivity (Wildman–Crippen MR) is 123 cm³/mol. The van der Waals surface area contributed by atoms with Crippen LogP contribution in [0.3, 0.4) is 0 Å². The minimum atomic E-state index is -0.183. The van der Waals surface area contributed by atoms with Crippen molar-refractivity contribution in [3.8, 4) is 5.75 Å². The van der Waals surface area contributed by atoms with Gasteiger partial charge in [0.1, 0.15) is 5.75 Å². The van der Waals surface area contributed by atoms with E-state index in [2.05, 4.69) is 61.1 Å². The number of nitrogens with zero attached hydrogens (tertiary/aromatic N) is 1. The van der Waals surface area contributed by atoms with Crippen molar-refractivity contribution < 1.29 is 9.53 Å². The molecule has 0 saturated carbocycles. The number of carbonyl (C=O) groups excluding carboxylic acids is 1. The van der Waals surface area contributed by atoms with Crippen LogP contribution in [0, 0.1) is 5.92 Å². The second kappa shape index (κ2) is 9.61. The van der Waals surface area contributed by atoms with Crippen LogP contribution in [-0.2, 0) is 4.79 Å². The summed E-state index contributed by atoms with van der Waals surface area (Å²) in [6.07, 6.45) is 5.72. The lowest BCUT2D eigenvalue weighted by atomic mass is 9.99. The highest BCUT2D eigenvalue weighted by molar-refractivity contribution is 9.11. The molecule has 1 amide bonds. The van der Waals surface area contributed by atoms with Crippen LogP contribution in [0.5, 0.6) is 5.75 Å². The highest BCUT2D eigenvalue weighted by Gasteiger charge is 2.15. The molecule has 0 radical (unpaired) electrons. The van der Waals surface area contributed by atoms with E-state index in [1.807, 2.05) is 24.3 Å². The van der Waals surface area contributed by atoms with E-state index < -0.39 is 0 Å². The Morgan fingerprint density at radius 3 is 2.50 bits per heavy atom. The van der Waals surface area contributed by atoms with E-state index >= 15 is 0 Å². The van der Waals surface area contributed by atoms with E-state index in [1.165, 1.54) is 24.6 Å². The van der Waals surface area contributed by atoms with Gasteiger partial charge in [-0.2, -0.15) is 0 Å². The van der Waals surface area contributed by atoms with Crippen molar-refractivity contribution in [2.45, 2.75) is 19.8 Å². The molecule has 3 rings (SSSR count). The van der Waals surface area contributed by atoms with Gasteiger partial charge in [-0.05, 0) is 77.2 Å². The molecule has 0 unspecified atom stereocenters. The molecule has 1 N–H and O–H groups in total. The smallest absolute Gasteiger partial charge is 0.248 e. The molecule has 1 fully saturated rings. The molecule has 0 aliphatic carbocycles. The highest BCUT2D eigenvalue weighted by Crippen LogP contribution is 2.33. The summed E-state index contributed by atoms with van der Waals surface area (Å²) < 4.78 is 7.14. The van der Waals surface area contributed by atoms with Crippen LogP contribution in [0.25, 0.3) is 6.08 Å². The number of carbonyl (C=O) groups is 1. The number of anilines is 2. The van der Waals surface area contributed by atoms with Crippen LogP contribution in [0.15, 0.2) is 51.4 Å². The summed E-state index contributed by atoms with van der Waals surface area (Å²) in [4.78, 5) is 14.7. The fraction of sp³-hybridized carbons (Fsp3) is 0.318. The average Bonchev–Trinajstić information content (AvgIpc) is 2.67. The highest BCUT2D eigenvalue weighted by atomic mass is 79.9. The van der Waals surface area contributed by atoms with E-state index in [4.69, 9.17) is 4.74 Å². The van der Waals surface area contributed by atoms with Gasteiger partial charge in [0.15, 0.2) is 0 Å². The van der Waals surface area contributed by atoms with Gasteiger partial charge in [-0.15, -0.1) is 0 Å². The van der Waals surface area contributed by atoms with Crippen molar-refractivity contribution in [2.24, 2.45) is 5.92 Å². The quantitative estimate of drug-likeness (QED) is 0.496. The Kier molecular flexibility index (Phi) is 7.18. The average molecular weight is 508 g/mol. The molecule has 28 heavy (non-hydrogen) atoms. The molecule has 0 spiro atoms. The van der Waals surface area contributed by atoms with E-state index in [0.717, 1.165) is 39.2 Å². The Bertz CT molecular complexity index is 858. The number of rotatable bonds is 5. The van der Waals surface area contributed by atoms with Gasteiger partial charge < -0.3 is 15.0 Å². The van der Waals surface area contributed by atoms with Gasteiger partial charge in [-0.3, -0.25) is 4.79 Å². The zero-order valence-corrected chi connectivity index (χ0v) is 19.2. The summed E-state index contributed by atoms with van der Waals surface area (Å²) in [5, 5.41) is 2.91. The first kappa shape index (κ1) is 20.9. The van der Waals surface area contributed by atoms with Crippen molar-refractivity contribution >= 4 is 55.2 Å². The van der Waals surface area contributed by atoms with E-state index in [-0.39, 0.29) is 5.91 Å². The van der Waals surface area contributed by atoms with Crippen molar-refractivity contribution in [1.29, 1.82) is 0 Å². The van der Waals surface area contributed by atoms with Crippen molar-refractivity contribution in [3.05, 3.63) is 57.0 Å². The Labute approximate surface area is 183 Å². The normalized spacial score (nSPS) is 15.1. The predicted octanol–water partition coefficient (Wildman–Crippen LogP) is 6.11. The fourth-order valence-electron chi connectivity index (χ4n) is 3.29. The molecule has 0 atom stereocenters. The molecule has 0 aromatic heterocycles. The first-order valence-electron chi connectivity index (χ1n) is 9.33. The zero-order valence-electron chi connectivity index (χ0n) is 16.0. The Morgan fingerprint density at radius 2 is 1.86 bits per heavy atom. The summed E-state index contributed by atoms with van der Waals surface area (Å²) in [5.41, 5.74) is 2.81. The van der Waals surface area contributed by atoms with E-state index in [1.54, 1.807) is 13.2 Å². The Balaban J connectivity index is 1.63. The van der Waals surface area contributed by atoms with Crippen LogP contribution in [-0.4, -0.2) is 26.1 Å². The number of ether oxygens (including phenoxy) is 1. The molecule has 2 aromatic carbocycles. The van der Waals surface area contributed by atoms with Gasteiger partial charge in [0, 0.05) is 40.6 Å². The molecule has 2 aromatic rings. The third-order valence-electron chi connectivity index (χ3n) is 4.94. The summed E-state index contributed by atoms with van der Waals surface area (Å²) in [6, 6.07) is 11.9. The molecule has 1 aliphatic heterocycles. The van der Waals surface area contributed by atoms with Crippen LogP contribution in [0.4, 0.5) is 11.4 Å². The molecule has 148 valence electrons. The number of halogens is 2. The van der Waals surface area contributed by atoms with Crippen molar-refractivity contribution in [3.63, 3.8) is 0 Å². The van der Waals surface area contributed by atoms with Crippen LogP contribution in [0.1, 0.15) is 25.3 Å². The van der Waals surface area contributed by atoms with Gasteiger partial charge in [0.05, 0.1) is 11.6 Å². The van der Waals surface area contributed by atoms with Gasteiger partial charge >= 0.3 is 0 Å². The maximum absolute atomic E-state index is 12.3. The Hall–Kier alpha value is -1.79. The number of piperidine rings is 1. The maximum Gasteiger partial charge on any atom is 0.248 e. The first-order chi connectivity index (χ1) is 13.5. The topological polar surface area (TPSA) is 41.6 Å². The molecule has 6 heteroatoms. The summed E-state index contributed by atoms with van der Waals surface area (Å²) in [7, 11) is 1.61.